The summed E-state index contributed by atoms with van der Waals surface area (Å²) < 4.78 is 2.11. The van der Waals surface area contributed by atoms with Gasteiger partial charge in [0.1, 0.15) is 0 Å². The summed E-state index contributed by atoms with van der Waals surface area (Å²) >= 11 is 0. The van der Waals surface area contributed by atoms with Crippen LogP contribution in [0.15, 0.2) is 6.33 Å². The Balaban J connectivity index is 2.64. The molecule has 0 atom stereocenters. The van der Waals surface area contributed by atoms with Crippen LogP contribution in [0.25, 0.3) is 0 Å². The van der Waals surface area contributed by atoms with Crippen molar-refractivity contribution in [1.29, 1.82) is 5.26 Å². The Morgan fingerprint density at radius 2 is 2.14 bits per heavy atom. The van der Waals surface area contributed by atoms with Gasteiger partial charge in [-0.25, -0.2) is 4.98 Å². The summed E-state index contributed by atoms with van der Waals surface area (Å²) in [5.74, 6) is 0. The molecule has 0 saturated carbocycles. The van der Waals surface area contributed by atoms with Gasteiger partial charge < -0.3 is 4.57 Å². The number of hydrogen-bond acceptors (Lipinski definition) is 2. The molecule has 0 aromatic carbocycles. The number of hydrogen-bond donors (Lipinski definition) is 0. The third-order valence-electron chi connectivity index (χ3n) is 2.63. The molecule has 1 aromatic rings. The molecule has 1 aromatic heterocycles. The number of nitrogens with zero attached hydrogens (tertiary/aromatic N) is 3. The molecule has 0 N–H and O–H groups in total. The van der Waals surface area contributed by atoms with E-state index in [9.17, 15) is 0 Å². The number of aromatic nitrogens is 2. The van der Waals surface area contributed by atoms with Crippen LogP contribution in [0.1, 0.15) is 31.7 Å². The lowest BCUT2D eigenvalue weighted by Crippen LogP contribution is -2.12. The SMILES string of the molecule is Cc1ncn(CCC(C)(C)C#N)c1C. The van der Waals surface area contributed by atoms with Crippen molar-refractivity contribution in [3.8, 4) is 6.07 Å². The van der Waals surface area contributed by atoms with Gasteiger partial charge in [-0.1, -0.05) is 0 Å². The summed E-state index contributed by atoms with van der Waals surface area (Å²) in [6, 6.07) is 2.30. The summed E-state index contributed by atoms with van der Waals surface area (Å²) in [7, 11) is 0. The molecule has 0 bridgehead atoms. The molecule has 0 aliphatic carbocycles. The molecule has 0 amide bonds. The van der Waals surface area contributed by atoms with E-state index in [1.807, 2.05) is 27.1 Å². The second kappa shape index (κ2) is 3.83. The molecule has 3 nitrogen and oxygen atoms in total. The lowest BCUT2D eigenvalue weighted by Gasteiger charge is -2.15. The van der Waals surface area contributed by atoms with E-state index in [2.05, 4.69) is 22.5 Å². The second-order valence-electron chi connectivity index (χ2n) is 4.35. The monoisotopic (exact) mass is 191 g/mol. The molecular weight excluding hydrogens is 174 g/mol. The van der Waals surface area contributed by atoms with Crippen molar-refractivity contribution >= 4 is 0 Å². The summed E-state index contributed by atoms with van der Waals surface area (Å²) in [6.07, 6.45) is 2.71. The molecule has 0 unspecified atom stereocenters. The second-order valence-corrected chi connectivity index (χ2v) is 4.35. The largest absolute Gasteiger partial charge is 0.335 e. The quantitative estimate of drug-likeness (QED) is 0.736. The van der Waals surface area contributed by atoms with Gasteiger partial charge in [-0.15, -0.1) is 0 Å². The van der Waals surface area contributed by atoms with Crippen LogP contribution in [-0.2, 0) is 6.54 Å². The Bertz CT molecular complexity index is 355. The Morgan fingerprint density at radius 3 is 2.57 bits per heavy atom. The highest BCUT2D eigenvalue weighted by molar-refractivity contribution is 5.08. The Hall–Kier alpha value is -1.30. The van der Waals surface area contributed by atoms with Gasteiger partial charge >= 0.3 is 0 Å². The van der Waals surface area contributed by atoms with Crippen molar-refractivity contribution in [2.75, 3.05) is 0 Å². The van der Waals surface area contributed by atoms with E-state index in [1.54, 1.807) is 0 Å². The highest BCUT2D eigenvalue weighted by atomic mass is 15.0. The first-order valence-corrected chi connectivity index (χ1v) is 4.86. The molecule has 14 heavy (non-hydrogen) atoms. The van der Waals surface area contributed by atoms with Crippen molar-refractivity contribution in [3.63, 3.8) is 0 Å². The first kappa shape index (κ1) is 10.8. The van der Waals surface area contributed by atoms with Crippen LogP contribution in [0.2, 0.25) is 0 Å². The van der Waals surface area contributed by atoms with Gasteiger partial charge in [0.2, 0.25) is 0 Å². The summed E-state index contributed by atoms with van der Waals surface area (Å²) in [6.45, 7) is 8.86. The predicted octanol–water partition coefficient (Wildman–Crippen LogP) is 2.44. The van der Waals surface area contributed by atoms with Gasteiger partial charge in [0.05, 0.1) is 23.5 Å². The van der Waals surface area contributed by atoms with Crippen molar-refractivity contribution in [3.05, 3.63) is 17.7 Å². The van der Waals surface area contributed by atoms with E-state index in [0.29, 0.717) is 0 Å². The van der Waals surface area contributed by atoms with E-state index in [4.69, 9.17) is 5.26 Å². The molecule has 76 valence electrons. The van der Waals surface area contributed by atoms with Crippen LogP contribution in [0.4, 0.5) is 0 Å². The molecule has 0 radical (unpaired) electrons. The van der Waals surface area contributed by atoms with Gasteiger partial charge in [0.25, 0.3) is 0 Å². The summed E-state index contributed by atoms with van der Waals surface area (Å²) in [5, 5.41) is 8.87. The van der Waals surface area contributed by atoms with E-state index >= 15 is 0 Å². The zero-order chi connectivity index (χ0) is 10.8. The van der Waals surface area contributed by atoms with Gasteiger partial charge in [0.15, 0.2) is 0 Å². The topological polar surface area (TPSA) is 41.6 Å². The van der Waals surface area contributed by atoms with Crippen LogP contribution >= 0.6 is 0 Å². The molecule has 0 aliphatic rings. The minimum Gasteiger partial charge on any atom is -0.335 e. The number of nitriles is 1. The van der Waals surface area contributed by atoms with Crippen LogP contribution in [0.5, 0.6) is 0 Å². The summed E-state index contributed by atoms with van der Waals surface area (Å²) in [4.78, 5) is 4.22. The van der Waals surface area contributed by atoms with Crippen molar-refractivity contribution < 1.29 is 0 Å². The van der Waals surface area contributed by atoms with Gasteiger partial charge in [0, 0.05) is 12.2 Å². The van der Waals surface area contributed by atoms with Crippen molar-refractivity contribution in [2.45, 2.75) is 40.7 Å². The fraction of sp³-hybridized carbons (Fsp3) is 0.636. The van der Waals surface area contributed by atoms with Crippen molar-refractivity contribution in [1.82, 2.24) is 9.55 Å². The standard InChI is InChI=1S/C11H17N3/c1-9-10(2)14(8-13-9)6-5-11(3,4)7-12/h8H,5-6H2,1-4H3. The fourth-order valence-electron chi connectivity index (χ4n) is 1.23. The number of rotatable bonds is 3. The van der Waals surface area contributed by atoms with E-state index in [-0.39, 0.29) is 5.41 Å². The number of aryl methyl sites for hydroxylation is 2. The van der Waals surface area contributed by atoms with E-state index < -0.39 is 0 Å². The molecule has 1 rings (SSSR count). The smallest absolute Gasteiger partial charge is 0.0951 e. The van der Waals surface area contributed by atoms with Crippen LogP contribution in [0.3, 0.4) is 0 Å². The molecule has 0 saturated heterocycles. The third-order valence-corrected chi connectivity index (χ3v) is 2.63. The molecule has 0 spiro atoms. The fourth-order valence-corrected chi connectivity index (χ4v) is 1.23. The van der Waals surface area contributed by atoms with Crippen LogP contribution in [-0.4, -0.2) is 9.55 Å². The third kappa shape index (κ3) is 2.35. The Kier molecular flexibility index (Phi) is 2.95. The van der Waals surface area contributed by atoms with Crippen molar-refractivity contribution in [2.24, 2.45) is 5.41 Å². The van der Waals surface area contributed by atoms with E-state index in [1.165, 1.54) is 5.69 Å². The normalized spacial score (nSPS) is 11.4. The zero-order valence-corrected chi connectivity index (χ0v) is 9.33. The minimum absolute atomic E-state index is 0.245. The van der Waals surface area contributed by atoms with Gasteiger partial charge in [-0.05, 0) is 34.1 Å². The molecule has 0 aliphatic heterocycles. The lowest BCUT2D eigenvalue weighted by atomic mass is 9.91. The van der Waals surface area contributed by atoms with Crippen LogP contribution < -0.4 is 0 Å². The number of imidazole rings is 1. The van der Waals surface area contributed by atoms with Gasteiger partial charge in [-0.3, -0.25) is 0 Å². The zero-order valence-electron chi connectivity index (χ0n) is 9.33. The molecular formula is C11H17N3. The highest BCUT2D eigenvalue weighted by Crippen LogP contribution is 2.20. The minimum atomic E-state index is -0.245. The lowest BCUT2D eigenvalue weighted by molar-refractivity contribution is 0.411. The average Bonchev–Trinajstić information content (AvgIpc) is 2.45. The Labute approximate surface area is 85.4 Å². The first-order valence-electron chi connectivity index (χ1n) is 4.86. The van der Waals surface area contributed by atoms with Crippen LogP contribution in [0, 0.1) is 30.6 Å². The van der Waals surface area contributed by atoms with Gasteiger partial charge in [-0.2, -0.15) is 5.26 Å². The molecule has 0 fully saturated rings. The maximum absolute atomic E-state index is 8.87. The molecule has 3 heteroatoms. The average molecular weight is 191 g/mol. The Morgan fingerprint density at radius 1 is 1.50 bits per heavy atom. The highest BCUT2D eigenvalue weighted by Gasteiger charge is 2.16. The maximum atomic E-state index is 8.87. The summed E-state index contributed by atoms with van der Waals surface area (Å²) in [5.41, 5.74) is 2.02. The first-order chi connectivity index (χ1) is 6.46. The molecule has 1 heterocycles. The maximum Gasteiger partial charge on any atom is 0.0951 e. The van der Waals surface area contributed by atoms with E-state index in [0.717, 1.165) is 18.7 Å². The predicted molar refractivity (Wildman–Crippen MR) is 55.7 cm³/mol.